The zero-order valence-corrected chi connectivity index (χ0v) is 23.7. The second-order valence-corrected chi connectivity index (χ2v) is 9.57. The zero-order chi connectivity index (χ0) is 30.3. The van der Waals surface area contributed by atoms with E-state index >= 15 is 0 Å². The molecule has 0 saturated heterocycles. The van der Waals surface area contributed by atoms with Gasteiger partial charge >= 0.3 is 6.36 Å². The molecule has 0 spiro atoms. The molecule has 2 aromatic carbocycles. The van der Waals surface area contributed by atoms with Crippen molar-refractivity contribution >= 4 is 11.5 Å². The van der Waals surface area contributed by atoms with Gasteiger partial charge in [-0.2, -0.15) is 4.68 Å². The summed E-state index contributed by atoms with van der Waals surface area (Å²) in [6, 6.07) is 14.9. The van der Waals surface area contributed by atoms with Crippen LogP contribution in [0.3, 0.4) is 0 Å². The first-order valence-electron chi connectivity index (χ1n) is 13.7. The van der Waals surface area contributed by atoms with Gasteiger partial charge in [0.05, 0.1) is 18.2 Å². The van der Waals surface area contributed by atoms with E-state index < -0.39 is 12.1 Å². The number of anilines is 2. The van der Waals surface area contributed by atoms with Gasteiger partial charge in [0.1, 0.15) is 11.4 Å². The molecule has 42 heavy (non-hydrogen) atoms. The zero-order valence-electron chi connectivity index (χ0n) is 23.7. The van der Waals surface area contributed by atoms with E-state index in [2.05, 4.69) is 25.0 Å². The van der Waals surface area contributed by atoms with Crippen LogP contribution in [0.2, 0.25) is 0 Å². The average molecular weight is 583 g/mol. The maximum Gasteiger partial charge on any atom is 0.573 e. The Labute approximate surface area is 241 Å². The highest BCUT2D eigenvalue weighted by Crippen LogP contribution is 2.28. The molecule has 0 radical (unpaired) electrons. The number of nitrogens with zero attached hydrogens (tertiary/aromatic N) is 5. The molecule has 0 saturated carbocycles. The van der Waals surface area contributed by atoms with Gasteiger partial charge in [0.15, 0.2) is 5.82 Å². The van der Waals surface area contributed by atoms with Gasteiger partial charge in [-0.15, -0.1) is 18.3 Å². The molecule has 5 rings (SSSR count). The van der Waals surface area contributed by atoms with Crippen molar-refractivity contribution in [2.45, 2.75) is 52.6 Å². The molecule has 2 heterocycles. The summed E-state index contributed by atoms with van der Waals surface area (Å²) in [7, 11) is 1.98. The molecule has 1 aliphatic carbocycles. The molecule has 0 amide bonds. The lowest BCUT2D eigenvalue weighted by Gasteiger charge is -2.18. The molecule has 0 fully saturated rings. The van der Waals surface area contributed by atoms with Crippen LogP contribution in [0, 0.1) is 0 Å². The number of fused-ring (bicyclic) bond motifs is 1. The standard InChI is InChI=1S/C28H27F3N6O3.C2H6/c1-35(17-19-6-3-2-4-7-19)14-15-36-18-32-16-24(27(36)39)33-25-22-8-5-9-23(22)26(38)37(34-25)20-10-12-21(13-11-20)40-28(29,30)31;1-2/h2-4,6-7,10-13,16,18H,5,8-9,14-15,17H2,1H3,(H,33,34);1-2H3. The van der Waals surface area contributed by atoms with Crippen molar-refractivity contribution in [3.8, 4) is 11.4 Å². The van der Waals surface area contributed by atoms with E-state index in [4.69, 9.17) is 0 Å². The smallest absolute Gasteiger partial charge is 0.406 e. The van der Waals surface area contributed by atoms with Crippen molar-refractivity contribution in [2.24, 2.45) is 0 Å². The third-order valence-electron chi connectivity index (χ3n) is 6.64. The molecule has 0 unspecified atom stereocenters. The van der Waals surface area contributed by atoms with Crippen LogP contribution in [0.4, 0.5) is 24.7 Å². The van der Waals surface area contributed by atoms with Crippen LogP contribution in [0.5, 0.6) is 5.75 Å². The fraction of sp³-hybridized carbons (Fsp3) is 0.333. The highest BCUT2D eigenvalue weighted by atomic mass is 19.4. The Bertz CT molecular complexity index is 1600. The second kappa shape index (κ2) is 13.5. The Morgan fingerprint density at radius 2 is 1.67 bits per heavy atom. The largest absolute Gasteiger partial charge is 0.573 e. The quantitative estimate of drug-likeness (QED) is 0.294. The third-order valence-corrected chi connectivity index (χ3v) is 6.64. The third kappa shape index (κ3) is 7.43. The number of hydrogen-bond acceptors (Lipinski definition) is 7. The van der Waals surface area contributed by atoms with Gasteiger partial charge in [-0.1, -0.05) is 44.2 Å². The molecule has 1 N–H and O–H groups in total. The first-order valence-corrected chi connectivity index (χ1v) is 13.7. The number of alkyl halides is 3. The van der Waals surface area contributed by atoms with Gasteiger partial charge in [-0.05, 0) is 56.1 Å². The number of nitrogens with one attached hydrogen (secondary N) is 1. The molecular weight excluding hydrogens is 549 g/mol. The van der Waals surface area contributed by atoms with Crippen molar-refractivity contribution in [3.63, 3.8) is 0 Å². The monoisotopic (exact) mass is 582 g/mol. The van der Waals surface area contributed by atoms with Crippen LogP contribution in [0.15, 0.2) is 76.7 Å². The normalized spacial score (nSPS) is 12.5. The summed E-state index contributed by atoms with van der Waals surface area (Å²) in [6.45, 7) is 5.77. The number of aromatic nitrogens is 4. The molecule has 12 heteroatoms. The van der Waals surface area contributed by atoms with E-state index in [0.717, 1.165) is 35.3 Å². The lowest BCUT2D eigenvalue weighted by Crippen LogP contribution is -2.30. The van der Waals surface area contributed by atoms with Gasteiger partial charge < -0.3 is 15.0 Å². The van der Waals surface area contributed by atoms with Gasteiger partial charge in [-0.3, -0.25) is 14.2 Å². The number of halogens is 3. The lowest BCUT2D eigenvalue weighted by atomic mass is 10.2. The number of likely N-dealkylation sites (N-methyl/N-ethyl adjacent to an activating group) is 1. The Hall–Kier alpha value is -4.45. The van der Waals surface area contributed by atoms with E-state index in [1.807, 2.05) is 51.2 Å². The maximum absolute atomic E-state index is 13.3. The SMILES string of the molecule is CC.CN(CCn1cncc(Nc2nn(-c3ccc(OC(F)(F)F)cc3)c(=O)c3c2CCC3)c1=O)Cc1ccccc1. The van der Waals surface area contributed by atoms with E-state index in [9.17, 15) is 22.8 Å². The van der Waals surface area contributed by atoms with Crippen molar-refractivity contribution in [1.29, 1.82) is 0 Å². The molecule has 0 bridgehead atoms. The number of benzene rings is 2. The number of ether oxygens (including phenoxy) is 1. The van der Waals surface area contributed by atoms with E-state index in [1.165, 1.54) is 34.8 Å². The van der Waals surface area contributed by atoms with Crippen molar-refractivity contribution in [3.05, 3.63) is 105 Å². The fourth-order valence-corrected chi connectivity index (χ4v) is 4.71. The highest BCUT2D eigenvalue weighted by Gasteiger charge is 2.31. The number of hydrogen-bond donors (Lipinski definition) is 1. The molecule has 0 atom stereocenters. The molecular formula is C30H33F3N6O3. The molecule has 2 aromatic heterocycles. The summed E-state index contributed by atoms with van der Waals surface area (Å²) >= 11 is 0. The predicted molar refractivity (Wildman–Crippen MR) is 154 cm³/mol. The fourth-order valence-electron chi connectivity index (χ4n) is 4.71. The Morgan fingerprint density at radius 1 is 0.976 bits per heavy atom. The summed E-state index contributed by atoms with van der Waals surface area (Å²) in [5.74, 6) is -0.0744. The second-order valence-electron chi connectivity index (χ2n) is 9.57. The predicted octanol–water partition coefficient (Wildman–Crippen LogP) is 5.08. The van der Waals surface area contributed by atoms with Gasteiger partial charge in [0.25, 0.3) is 11.1 Å². The molecule has 1 aliphatic rings. The minimum absolute atomic E-state index is 0.203. The van der Waals surface area contributed by atoms with E-state index in [1.54, 1.807) is 0 Å². The Morgan fingerprint density at radius 3 is 2.36 bits per heavy atom. The molecule has 4 aromatic rings. The average Bonchev–Trinajstić information content (AvgIpc) is 3.47. The minimum Gasteiger partial charge on any atom is -0.406 e. The van der Waals surface area contributed by atoms with Gasteiger partial charge in [0.2, 0.25) is 0 Å². The van der Waals surface area contributed by atoms with Crippen molar-refractivity contribution in [1.82, 2.24) is 24.2 Å². The van der Waals surface area contributed by atoms with E-state index in [0.29, 0.717) is 37.3 Å². The van der Waals surface area contributed by atoms with E-state index in [-0.39, 0.29) is 22.5 Å². The van der Waals surface area contributed by atoms with Crippen LogP contribution >= 0.6 is 0 Å². The van der Waals surface area contributed by atoms with Crippen LogP contribution in [-0.4, -0.2) is 44.2 Å². The minimum atomic E-state index is -4.82. The maximum atomic E-state index is 13.3. The number of rotatable bonds is 9. The van der Waals surface area contributed by atoms with Gasteiger partial charge in [0, 0.05) is 30.8 Å². The van der Waals surface area contributed by atoms with Crippen LogP contribution in [0.1, 0.15) is 37.0 Å². The summed E-state index contributed by atoms with van der Waals surface area (Å²) in [4.78, 5) is 32.7. The van der Waals surface area contributed by atoms with Gasteiger partial charge in [-0.25, -0.2) is 4.98 Å². The first kappa shape index (κ1) is 30.5. The van der Waals surface area contributed by atoms with Crippen molar-refractivity contribution < 1.29 is 17.9 Å². The van der Waals surface area contributed by atoms with Crippen LogP contribution in [0.25, 0.3) is 5.69 Å². The van der Waals surface area contributed by atoms with Crippen molar-refractivity contribution in [2.75, 3.05) is 18.9 Å². The molecule has 222 valence electrons. The highest BCUT2D eigenvalue weighted by molar-refractivity contribution is 5.60. The lowest BCUT2D eigenvalue weighted by molar-refractivity contribution is -0.274. The summed E-state index contributed by atoms with van der Waals surface area (Å²) < 4.78 is 44.2. The summed E-state index contributed by atoms with van der Waals surface area (Å²) in [6.07, 6.45) is -0.0471. The summed E-state index contributed by atoms with van der Waals surface area (Å²) in [5.41, 5.74) is 2.27. The Kier molecular flexibility index (Phi) is 9.79. The molecule has 9 nitrogen and oxygen atoms in total. The van der Waals surface area contributed by atoms with Crippen LogP contribution < -0.4 is 21.2 Å². The molecule has 0 aliphatic heterocycles. The van der Waals surface area contributed by atoms with Crippen LogP contribution in [-0.2, 0) is 25.9 Å². The summed E-state index contributed by atoms with van der Waals surface area (Å²) in [5, 5.41) is 7.52. The first-order chi connectivity index (χ1) is 20.2. The Balaban J connectivity index is 0.00000198. The topological polar surface area (TPSA) is 94.3 Å².